The maximum absolute atomic E-state index is 13.1. The fourth-order valence-electron chi connectivity index (χ4n) is 4.07. The van der Waals surface area contributed by atoms with E-state index in [1.807, 2.05) is 27.7 Å². The molecule has 1 saturated carbocycles. The van der Waals surface area contributed by atoms with E-state index in [0.29, 0.717) is 37.5 Å². The van der Waals surface area contributed by atoms with Crippen molar-refractivity contribution in [2.45, 2.75) is 58.7 Å². The molecule has 3 heterocycles. The van der Waals surface area contributed by atoms with Crippen molar-refractivity contribution in [1.82, 2.24) is 24.4 Å². The molecule has 0 aromatic carbocycles. The number of nitrogens with zero attached hydrogens (tertiary/aromatic N) is 4. The molecule has 1 saturated heterocycles. The van der Waals surface area contributed by atoms with E-state index in [0.717, 1.165) is 17.4 Å². The Labute approximate surface area is 191 Å². The van der Waals surface area contributed by atoms with Crippen LogP contribution in [-0.2, 0) is 16.1 Å². The van der Waals surface area contributed by atoms with Crippen LogP contribution in [-0.4, -0.2) is 67.3 Å². The van der Waals surface area contributed by atoms with Gasteiger partial charge in [0.25, 0.3) is 11.5 Å². The zero-order chi connectivity index (χ0) is 23.9. The lowest BCUT2D eigenvalue weighted by Crippen LogP contribution is -2.55. The summed E-state index contributed by atoms with van der Waals surface area (Å²) in [5.74, 6) is -1.05. The van der Waals surface area contributed by atoms with Gasteiger partial charge in [0, 0.05) is 30.8 Å². The summed E-state index contributed by atoms with van der Waals surface area (Å²) < 4.78 is 8.12. The highest BCUT2D eigenvalue weighted by atomic mass is 16.5. The third-order valence-corrected chi connectivity index (χ3v) is 5.92. The number of hydrogen-bond acceptors (Lipinski definition) is 6. The number of ether oxygens (including phenoxy) is 1. The molecule has 0 atom stereocenters. The van der Waals surface area contributed by atoms with E-state index < -0.39 is 22.9 Å². The van der Waals surface area contributed by atoms with E-state index in [1.54, 1.807) is 11.0 Å². The van der Waals surface area contributed by atoms with Crippen molar-refractivity contribution in [3.63, 3.8) is 0 Å². The molecule has 0 bridgehead atoms. The first-order valence-electron chi connectivity index (χ1n) is 11.3. The molecule has 2 aromatic rings. The van der Waals surface area contributed by atoms with Crippen LogP contribution in [0.3, 0.4) is 0 Å². The second-order valence-corrected chi connectivity index (χ2v) is 9.78. The van der Waals surface area contributed by atoms with E-state index in [9.17, 15) is 19.5 Å². The lowest BCUT2D eigenvalue weighted by molar-refractivity contribution is -0.140. The SMILES string of the molecule is CC(C)Cn1c(O)c(C(=O)NC2CC2)c(=O)n2ncc(C=CC(=O)N3CCOCC3(C)C)c12. The van der Waals surface area contributed by atoms with Crippen LogP contribution < -0.4 is 10.9 Å². The van der Waals surface area contributed by atoms with Crippen LogP contribution in [0.25, 0.3) is 11.7 Å². The fourth-order valence-corrected chi connectivity index (χ4v) is 4.07. The Morgan fingerprint density at radius 3 is 2.73 bits per heavy atom. The summed E-state index contributed by atoms with van der Waals surface area (Å²) in [6.45, 7) is 9.60. The topological polar surface area (TPSA) is 118 Å². The molecule has 2 N–H and O–H groups in total. The summed E-state index contributed by atoms with van der Waals surface area (Å²) in [5, 5.41) is 17.9. The van der Waals surface area contributed by atoms with Crippen LogP contribution in [0.4, 0.5) is 0 Å². The number of morpholine rings is 1. The monoisotopic (exact) mass is 457 g/mol. The largest absolute Gasteiger partial charge is 0.494 e. The van der Waals surface area contributed by atoms with Gasteiger partial charge < -0.3 is 20.1 Å². The summed E-state index contributed by atoms with van der Waals surface area (Å²) >= 11 is 0. The van der Waals surface area contributed by atoms with Crippen LogP contribution >= 0.6 is 0 Å². The van der Waals surface area contributed by atoms with Crippen LogP contribution in [0.15, 0.2) is 17.1 Å². The molecular formula is C23H31N5O5. The van der Waals surface area contributed by atoms with Crippen molar-refractivity contribution in [3.05, 3.63) is 33.8 Å². The summed E-state index contributed by atoms with van der Waals surface area (Å²) in [4.78, 5) is 40.4. The van der Waals surface area contributed by atoms with Crippen molar-refractivity contribution in [3.8, 4) is 5.88 Å². The molecular weight excluding hydrogens is 426 g/mol. The van der Waals surface area contributed by atoms with Crippen LogP contribution in [0.1, 0.15) is 56.5 Å². The highest BCUT2D eigenvalue weighted by Crippen LogP contribution is 2.25. The summed E-state index contributed by atoms with van der Waals surface area (Å²) in [5.41, 5.74) is -0.611. The molecule has 2 fully saturated rings. The Kier molecular flexibility index (Phi) is 6.04. The Balaban J connectivity index is 1.75. The standard InChI is InChI=1S/C23H31N5O5/c1-14(2)12-26-20-15(5-8-17(29)27-9-10-33-13-23(27,3)4)11-24-28(20)22(32)18(21(26)31)19(30)25-16-6-7-16/h5,8,11,14,16,31H,6-7,9-10,12-13H2,1-4H3,(H,25,30). The van der Waals surface area contributed by atoms with Gasteiger partial charge in [-0.15, -0.1) is 0 Å². The molecule has 178 valence electrons. The number of carbonyl (C=O) groups is 2. The quantitative estimate of drug-likeness (QED) is 0.633. The van der Waals surface area contributed by atoms with Crippen molar-refractivity contribution in [2.75, 3.05) is 19.8 Å². The zero-order valence-electron chi connectivity index (χ0n) is 19.5. The predicted octanol–water partition coefficient (Wildman–Crippen LogP) is 1.40. The molecule has 0 spiro atoms. The van der Waals surface area contributed by atoms with Gasteiger partial charge in [-0.05, 0) is 38.7 Å². The Morgan fingerprint density at radius 2 is 2.09 bits per heavy atom. The number of fused-ring (bicyclic) bond motifs is 1. The van der Waals surface area contributed by atoms with E-state index >= 15 is 0 Å². The minimum atomic E-state index is -0.694. The lowest BCUT2D eigenvalue weighted by Gasteiger charge is -2.41. The van der Waals surface area contributed by atoms with Gasteiger partial charge in [-0.25, -0.2) is 0 Å². The average Bonchev–Trinajstić information content (AvgIpc) is 3.44. The average molecular weight is 458 g/mol. The van der Waals surface area contributed by atoms with Gasteiger partial charge in [0.2, 0.25) is 11.8 Å². The zero-order valence-corrected chi connectivity index (χ0v) is 19.5. The minimum Gasteiger partial charge on any atom is -0.494 e. The molecule has 4 rings (SSSR count). The molecule has 2 amide bonds. The summed E-state index contributed by atoms with van der Waals surface area (Å²) in [7, 11) is 0. The van der Waals surface area contributed by atoms with Crippen LogP contribution in [0.2, 0.25) is 0 Å². The third kappa shape index (κ3) is 4.52. The number of hydrogen-bond donors (Lipinski definition) is 2. The molecule has 0 unspecified atom stereocenters. The van der Waals surface area contributed by atoms with Crippen molar-refractivity contribution in [1.29, 1.82) is 0 Å². The Bertz CT molecular complexity index is 1170. The van der Waals surface area contributed by atoms with Gasteiger partial charge in [0.1, 0.15) is 5.65 Å². The maximum atomic E-state index is 13.1. The van der Waals surface area contributed by atoms with Crippen molar-refractivity contribution in [2.24, 2.45) is 5.92 Å². The third-order valence-electron chi connectivity index (χ3n) is 5.92. The predicted molar refractivity (Wildman–Crippen MR) is 122 cm³/mol. The number of nitrogens with one attached hydrogen (secondary N) is 1. The minimum absolute atomic E-state index is 0.0390. The van der Waals surface area contributed by atoms with Gasteiger partial charge in [0.15, 0.2) is 5.56 Å². The Morgan fingerprint density at radius 1 is 1.36 bits per heavy atom. The first-order valence-corrected chi connectivity index (χ1v) is 11.3. The van der Waals surface area contributed by atoms with Gasteiger partial charge >= 0.3 is 0 Å². The number of rotatable bonds is 6. The Hall–Kier alpha value is -3.14. The smallest absolute Gasteiger partial charge is 0.291 e. The van der Waals surface area contributed by atoms with Gasteiger partial charge in [-0.3, -0.25) is 19.0 Å². The molecule has 10 heteroatoms. The lowest BCUT2D eigenvalue weighted by atomic mass is 10.0. The van der Waals surface area contributed by atoms with Gasteiger partial charge in [-0.1, -0.05) is 13.8 Å². The second kappa shape index (κ2) is 8.66. The van der Waals surface area contributed by atoms with Crippen LogP contribution in [0.5, 0.6) is 5.88 Å². The number of aromatic nitrogens is 3. The van der Waals surface area contributed by atoms with Crippen molar-refractivity contribution < 1.29 is 19.4 Å². The number of carbonyl (C=O) groups excluding carboxylic acids is 2. The first kappa shape index (κ1) is 23.0. The van der Waals surface area contributed by atoms with Gasteiger partial charge in [0.05, 0.1) is 24.9 Å². The highest BCUT2D eigenvalue weighted by Gasteiger charge is 2.33. The van der Waals surface area contributed by atoms with Gasteiger partial charge in [-0.2, -0.15) is 9.61 Å². The van der Waals surface area contributed by atoms with Crippen LogP contribution in [0, 0.1) is 5.92 Å². The number of amides is 2. The van der Waals surface area contributed by atoms with E-state index in [-0.39, 0.29) is 23.4 Å². The first-order chi connectivity index (χ1) is 15.6. The van der Waals surface area contributed by atoms with E-state index in [2.05, 4.69) is 10.4 Å². The summed E-state index contributed by atoms with van der Waals surface area (Å²) in [6.07, 6.45) is 6.22. The molecule has 2 aromatic heterocycles. The van der Waals surface area contributed by atoms with E-state index in [1.165, 1.54) is 16.8 Å². The summed E-state index contributed by atoms with van der Waals surface area (Å²) in [6, 6.07) is 0.0390. The number of aromatic hydroxyl groups is 1. The molecule has 0 radical (unpaired) electrons. The van der Waals surface area contributed by atoms with Crippen molar-refractivity contribution >= 4 is 23.5 Å². The second-order valence-electron chi connectivity index (χ2n) is 9.78. The molecule has 1 aliphatic carbocycles. The maximum Gasteiger partial charge on any atom is 0.291 e. The molecule has 2 aliphatic rings. The molecule has 1 aliphatic heterocycles. The highest BCUT2D eigenvalue weighted by molar-refractivity contribution is 5.97. The fraction of sp³-hybridized carbons (Fsp3) is 0.565. The normalized spacial score (nSPS) is 18.4. The molecule has 10 nitrogen and oxygen atoms in total. The van der Waals surface area contributed by atoms with E-state index in [4.69, 9.17) is 4.74 Å². The molecule has 33 heavy (non-hydrogen) atoms.